The molecule has 2 N–H and O–H groups in total. The van der Waals surface area contributed by atoms with E-state index in [-0.39, 0.29) is 35.4 Å². The van der Waals surface area contributed by atoms with E-state index in [0.717, 1.165) is 0 Å². The Morgan fingerprint density at radius 1 is 1.29 bits per heavy atom. The third-order valence-corrected chi connectivity index (χ3v) is 3.42. The Hall–Kier alpha value is -0.320. The van der Waals surface area contributed by atoms with Crippen molar-refractivity contribution in [3.63, 3.8) is 0 Å². The van der Waals surface area contributed by atoms with Gasteiger partial charge in [0.25, 0.3) is 0 Å². The molecule has 1 fully saturated rings. The van der Waals surface area contributed by atoms with Crippen molar-refractivity contribution in [2.24, 2.45) is 5.92 Å². The predicted octanol–water partition coefficient (Wildman–Crippen LogP) is -2.21. The molecule has 1 rings (SSSR count). The Kier molecular flexibility index (Phi) is 5.44. The zero-order valence-electron chi connectivity index (χ0n) is 11.3. The average Bonchev–Trinajstić information content (AvgIpc) is 2.13. The summed E-state index contributed by atoms with van der Waals surface area (Å²) in [6, 6.07) is 0. The molecule has 0 saturated carbocycles. The summed E-state index contributed by atoms with van der Waals surface area (Å²) in [7, 11) is 0. The van der Waals surface area contributed by atoms with Gasteiger partial charge in [-0.05, 0) is 34.6 Å². The first-order chi connectivity index (χ1) is 7.20. The van der Waals surface area contributed by atoms with Gasteiger partial charge in [0.2, 0.25) is 0 Å². The van der Waals surface area contributed by atoms with E-state index in [9.17, 15) is 10.0 Å². The number of carbonyl (C=O) groups is 1. The molecule has 0 amide bonds. The van der Waals surface area contributed by atoms with Crippen LogP contribution in [-0.2, 0) is 9.53 Å². The molecule has 0 spiro atoms. The third-order valence-electron chi connectivity index (χ3n) is 3.42. The predicted molar refractivity (Wildman–Crippen MR) is 60.3 cm³/mol. The van der Waals surface area contributed by atoms with Gasteiger partial charge < -0.3 is 17.1 Å². The van der Waals surface area contributed by atoms with Gasteiger partial charge >= 0.3 is 5.97 Å². The van der Waals surface area contributed by atoms with Crippen LogP contribution in [0.5, 0.6) is 0 Å². The van der Waals surface area contributed by atoms with Gasteiger partial charge in [-0.1, -0.05) is 0 Å². The van der Waals surface area contributed by atoms with E-state index in [0.29, 0.717) is 24.5 Å². The van der Waals surface area contributed by atoms with Crippen LogP contribution in [0, 0.1) is 5.92 Å². The summed E-state index contributed by atoms with van der Waals surface area (Å²) in [6.07, 6.45) is 1.34. The Morgan fingerprint density at radius 2 is 1.71 bits per heavy atom. The highest BCUT2D eigenvalue weighted by atomic mass is 35.5. The second-order valence-electron chi connectivity index (χ2n) is 5.97. The number of quaternary nitrogens is 1. The second-order valence-corrected chi connectivity index (χ2v) is 5.97. The summed E-state index contributed by atoms with van der Waals surface area (Å²) < 4.78 is 5.07. The zero-order valence-corrected chi connectivity index (χ0v) is 12.1. The molecular formula is C12H24ClNO3. The molecule has 0 aromatic heterocycles. The van der Waals surface area contributed by atoms with E-state index >= 15 is 0 Å². The number of hydroxylamine groups is 2. The number of carbonyl (C=O) groups excluding carboxylic acids is 1. The number of nitrogens with one attached hydrogen (secondary N) is 1. The van der Waals surface area contributed by atoms with Crippen LogP contribution in [0.4, 0.5) is 0 Å². The van der Waals surface area contributed by atoms with Gasteiger partial charge in [-0.15, -0.1) is 0 Å². The minimum Gasteiger partial charge on any atom is -1.00 e. The molecule has 0 bridgehead atoms. The van der Waals surface area contributed by atoms with Gasteiger partial charge in [-0.2, -0.15) is 5.06 Å². The minimum atomic E-state index is -0.306. The molecule has 4 nitrogen and oxygen atoms in total. The first-order valence-electron chi connectivity index (χ1n) is 5.94. The molecule has 17 heavy (non-hydrogen) atoms. The van der Waals surface area contributed by atoms with Crippen LogP contribution in [0.3, 0.4) is 0 Å². The first-order valence-corrected chi connectivity index (χ1v) is 5.94. The minimum absolute atomic E-state index is 0. The molecule has 0 radical (unpaired) electrons. The van der Waals surface area contributed by atoms with E-state index in [1.165, 1.54) is 0 Å². The fourth-order valence-electron chi connectivity index (χ4n) is 2.84. The van der Waals surface area contributed by atoms with Crippen molar-refractivity contribution in [2.75, 3.05) is 6.61 Å². The van der Waals surface area contributed by atoms with E-state index in [1.54, 1.807) is 0 Å². The number of hydrogen-bond acceptors (Lipinski definition) is 3. The van der Waals surface area contributed by atoms with E-state index in [4.69, 9.17) is 4.74 Å². The quantitative estimate of drug-likeness (QED) is 0.557. The van der Waals surface area contributed by atoms with E-state index < -0.39 is 0 Å². The maximum Gasteiger partial charge on any atom is 0.309 e. The fourth-order valence-corrected chi connectivity index (χ4v) is 2.84. The summed E-state index contributed by atoms with van der Waals surface area (Å²) in [5, 5.41) is 10.7. The summed E-state index contributed by atoms with van der Waals surface area (Å²) in [4.78, 5) is 11.8. The van der Waals surface area contributed by atoms with Crippen molar-refractivity contribution in [3.8, 4) is 0 Å². The standard InChI is InChI=1S/C12H23NO3.ClH/c1-6-16-10(14)9-7-11(2,3)13(15)12(4,5)8-9;/h9,15H,6-8H2,1-5H3;1H. The molecule has 0 aliphatic carbocycles. The van der Waals surface area contributed by atoms with Crippen molar-refractivity contribution in [2.45, 2.75) is 58.5 Å². The molecular weight excluding hydrogens is 242 g/mol. The molecule has 5 heteroatoms. The molecule has 1 aliphatic rings. The van der Waals surface area contributed by atoms with Gasteiger partial charge in [-0.3, -0.25) is 4.79 Å². The number of rotatable bonds is 2. The van der Waals surface area contributed by atoms with Crippen LogP contribution in [0.2, 0.25) is 0 Å². The van der Waals surface area contributed by atoms with Gasteiger partial charge in [-0.25, -0.2) is 5.21 Å². The Morgan fingerprint density at radius 3 is 2.06 bits per heavy atom. The van der Waals surface area contributed by atoms with Crippen LogP contribution in [0.1, 0.15) is 47.5 Å². The van der Waals surface area contributed by atoms with Crippen LogP contribution in [0.15, 0.2) is 0 Å². The van der Waals surface area contributed by atoms with Crippen LogP contribution in [0.25, 0.3) is 0 Å². The van der Waals surface area contributed by atoms with E-state index in [2.05, 4.69) is 0 Å². The second kappa shape index (κ2) is 5.55. The Bertz CT molecular complexity index is 261. The van der Waals surface area contributed by atoms with Gasteiger partial charge in [0.05, 0.1) is 12.5 Å². The zero-order chi connectivity index (χ0) is 12.6. The molecule has 1 aliphatic heterocycles. The molecule has 0 aromatic rings. The first kappa shape index (κ1) is 16.7. The van der Waals surface area contributed by atoms with Gasteiger partial charge in [0.1, 0.15) is 11.1 Å². The summed E-state index contributed by atoms with van der Waals surface area (Å²) in [5.74, 6) is -0.225. The SMILES string of the molecule is CCOC(=O)C1CC(C)(C)[NH+](O)C(C)(C)C1.[Cl-]. The number of ether oxygens (including phenoxy) is 1. The topological polar surface area (TPSA) is 51.0 Å². The lowest BCUT2D eigenvalue weighted by Gasteiger charge is -2.46. The summed E-state index contributed by atoms with van der Waals surface area (Å²) in [5.41, 5.74) is -0.613. The maximum absolute atomic E-state index is 11.8. The van der Waals surface area contributed by atoms with Crippen molar-refractivity contribution in [1.29, 1.82) is 0 Å². The third kappa shape index (κ3) is 3.57. The van der Waals surface area contributed by atoms with E-state index in [1.807, 2.05) is 34.6 Å². The number of halogens is 1. The monoisotopic (exact) mass is 265 g/mol. The van der Waals surface area contributed by atoms with Crippen LogP contribution >= 0.6 is 0 Å². The molecule has 1 heterocycles. The molecule has 0 unspecified atom stereocenters. The summed E-state index contributed by atoms with van der Waals surface area (Å²) >= 11 is 0. The Balaban J connectivity index is 0.00000256. The highest BCUT2D eigenvalue weighted by molar-refractivity contribution is 5.72. The number of esters is 1. The largest absolute Gasteiger partial charge is 1.00 e. The van der Waals surface area contributed by atoms with Crippen molar-refractivity contribution in [3.05, 3.63) is 0 Å². The van der Waals surface area contributed by atoms with Gasteiger partial charge in [0.15, 0.2) is 0 Å². The van der Waals surface area contributed by atoms with Crippen LogP contribution in [-0.4, -0.2) is 28.9 Å². The lowest BCUT2D eigenvalue weighted by atomic mass is 9.75. The lowest BCUT2D eigenvalue weighted by Crippen LogP contribution is -3.25. The molecule has 0 atom stereocenters. The van der Waals surface area contributed by atoms with Crippen LogP contribution < -0.4 is 17.5 Å². The summed E-state index contributed by atoms with van der Waals surface area (Å²) in [6.45, 7) is 10.2. The number of piperidine rings is 1. The maximum atomic E-state index is 11.8. The average molecular weight is 266 g/mol. The molecule has 1 saturated heterocycles. The molecule has 0 aromatic carbocycles. The molecule has 102 valence electrons. The van der Waals surface area contributed by atoms with Crippen molar-refractivity contribution >= 4 is 5.97 Å². The normalized spacial score (nSPS) is 30.2. The highest BCUT2D eigenvalue weighted by Gasteiger charge is 2.51. The fraction of sp³-hybridized carbons (Fsp3) is 0.917. The smallest absolute Gasteiger partial charge is 0.309 e. The number of hydrogen-bond donors (Lipinski definition) is 2. The Labute approximate surface area is 110 Å². The lowest BCUT2D eigenvalue weighted by molar-refractivity contribution is -1.16. The van der Waals surface area contributed by atoms with Gasteiger partial charge in [0, 0.05) is 12.8 Å². The van der Waals surface area contributed by atoms with Crippen molar-refractivity contribution < 1.29 is 32.2 Å². The van der Waals surface area contributed by atoms with Crippen molar-refractivity contribution in [1.82, 2.24) is 0 Å². The highest BCUT2D eigenvalue weighted by Crippen LogP contribution is 2.29.